The van der Waals surface area contributed by atoms with Gasteiger partial charge in [0.2, 0.25) is 0 Å². The number of piperidine rings is 3. The molecular weight excluding hydrogens is 308 g/mol. The van der Waals surface area contributed by atoms with Crippen molar-refractivity contribution >= 4 is 5.91 Å². The number of aliphatic hydroxyl groups excluding tert-OH is 1. The number of likely N-dealkylation sites (tertiary alicyclic amines) is 1. The van der Waals surface area contributed by atoms with E-state index in [0.717, 1.165) is 32.1 Å². The number of nitrogens with one attached hydrogen (secondary N) is 1. The van der Waals surface area contributed by atoms with E-state index in [2.05, 4.69) is 14.9 Å². The van der Waals surface area contributed by atoms with Gasteiger partial charge in [-0.05, 0) is 37.6 Å². The van der Waals surface area contributed by atoms with Crippen molar-refractivity contribution in [3.63, 3.8) is 0 Å². The zero-order chi connectivity index (χ0) is 16.7. The molecule has 3 aliphatic rings. The standard InChI is InChI=1S/C17H24N4O3/c22-10-15-12-5-11(14-3-1-2-4-21(14)15)8-20(9-12)17(24)13-6-19-16(23)7-18-13/h6-7,11-12,14-15,22H,1-5,8-10H2,(H,19,23)/t11-,12+,14+,15+/m1/s1. The van der Waals surface area contributed by atoms with Gasteiger partial charge >= 0.3 is 0 Å². The molecule has 4 heterocycles. The summed E-state index contributed by atoms with van der Waals surface area (Å²) in [6.45, 7) is 2.63. The average molecular weight is 332 g/mol. The Kier molecular flexibility index (Phi) is 4.14. The molecule has 4 atom stereocenters. The van der Waals surface area contributed by atoms with Crippen molar-refractivity contribution in [1.82, 2.24) is 19.8 Å². The first-order valence-corrected chi connectivity index (χ1v) is 8.88. The predicted octanol–water partition coefficient (Wildman–Crippen LogP) is 0.0772. The molecule has 3 saturated heterocycles. The van der Waals surface area contributed by atoms with Crippen molar-refractivity contribution in [3.05, 3.63) is 28.4 Å². The predicted molar refractivity (Wildman–Crippen MR) is 87.6 cm³/mol. The second kappa shape index (κ2) is 6.29. The van der Waals surface area contributed by atoms with Gasteiger partial charge in [-0.1, -0.05) is 6.42 Å². The number of hydrogen-bond donors (Lipinski definition) is 2. The summed E-state index contributed by atoms with van der Waals surface area (Å²) >= 11 is 0. The summed E-state index contributed by atoms with van der Waals surface area (Å²) in [7, 11) is 0. The normalized spacial score (nSPS) is 33.1. The van der Waals surface area contributed by atoms with Gasteiger partial charge in [-0.2, -0.15) is 0 Å². The fraction of sp³-hybridized carbons (Fsp3) is 0.706. The van der Waals surface area contributed by atoms with Gasteiger partial charge in [0.25, 0.3) is 11.5 Å². The fourth-order valence-electron chi connectivity index (χ4n) is 4.95. The maximum atomic E-state index is 12.8. The maximum Gasteiger partial charge on any atom is 0.273 e. The Morgan fingerprint density at radius 1 is 1.33 bits per heavy atom. The number of H-pyrrole nitrogens is 1. The summed E-state index contributed by atoms with van der Waals surface area (Å²) in [4.78, 5) is 34.8. The van der Waals surface area contributed by atoms with Crippen molar-refractivity contribution in [2.75, 3.05) is 26.2 Å². The summed E-state index contributed by atoms with van der Waals surface area (Å²) in [6.07, 6.45) is 7.23. The first-order chi connectivity index (χ1) is 11.7. The lowest BCUT2D eigenvalue weighted by Crippen LogP contribution is -2.65. The highest BCUT2D eigenvalue weighted by atomic mass is 16.3. The molecule has 2 bridgehead atoms. The number of hydrogen-bond acceptors (Lipinski definition) is 5. The number of carbonyl (C=O) groups excluding carboxylic acids is 1. The quantitative estimate of drug-likeness (QED) is 0.800. The lowest BCUT2D eigenvalue weighted by atomic mass is 9.72. The number of nitrogens with zero attached hydrogens (tertiary/aromatic N) is 3. The Morgan fingerprint density at radius 2 is 2.17 bits per heavy atom. The van der Waals surface area contributed by atoms with E-state index in [4.69, 9.17) is 0 Å². The van der Waals surface area contributed by atoms with Crippen LogP contribution < -0.4 is 5.56 Å². The van der Waals surface area contributed by atoms with Gasteiger partial charge in [0.15, 0.2) is 0 Å². The molecule has 1 aromatic heterocycles. The van der Waals surface area contributed by atoms with Crippen LogP contribution in [0.4, 0.5) is 0 Å². The summed E-state index contributed by atoms with van der Waals surface area (Å²) in [5, 5.41) is 9.92. The molecule has 0 aliphatic carbocycles. The van der Waals surface area contributed by atoms with Crippen LogP contribution in [0.25, 0.3) is 0 Å². The molecule has 2 N–H and O–H groups in total. The Labute approximate surface area is 140 Å². The monoisotopic (exact) mass is 332 g/mol. The Hall–Kier alpha value is -1.73. The van der Waals surface area contributed by atoms with Crippen molar-refractivity contribution in [2.45, 2.75) is 37.8 Å². The molecule has 24 heavy (non-hydrogen) atoms. The van der Waals surface area contributed by atoms with Crippen LogP contribution in [0.5, 0.6) is 0 Å². The highest BCUT2D eigenvalue weighted by Gasteiger charge is 2.47. The van der Waals surface area contributed by atoms with Gasteiger partial charge < -0.3 is 15.0 Å². The minimum absolute atomic E-state index is 0.123. The zero-order valence-corrected chi connectivity index (χ0v) is 13.7. The zero-order valence-electron chi connectivity index (χ0n) is 13.7. The topological polar surface area (TPSA) is 89.5 Å². The molecule has 3 aliphatic heterocycles. The minimum atomic E-state index is -0.305. The molecule has 7 heteroatoms. The molecule has 1 amide bonds. The second-order valence-corrected chi connectivity index (χ2v) is 7.31. The van der Waals surface area contributed by atoms with Crippen LogP contribution >= 0.6 is 0 Å². The third-order valence-electron chi connectivity index (χ3n) is 5.99. The number of aliphatic hydroxyl groups is 1. The van der Waals surface area contributed by atoms with E-state index >= 15 is 0 Å². The molecule has 0 unspecified atom stereocenters. The molecule has 3 fully saturated rings. The van der Waals surface area contributed by atoms with Gasteiger partial charge in [0.05, 0.1) is 12.8 Å². The molecular formula is C17H24N4O3. The Balaban J connectivity index is 1.56. The van der Waals surface area contributed by atoms with E-state index in [9.17, 15) is 14.7 Å². The number of aromatic nitrogens is 2. The third-order valence-corrected chi connectivity index (χ3v) is 5.99. The lowest BCUT2D eigenvalue weighted by molar-refractivity contribution is -0.0795. The third kappa shape index (κ3) is 2.65. The van der Waals surface area contributed by atoms with Gasteiger partial charge in [-0.15, -0.1) is 0 Å². The van der Waals surface area contributed by atoms with Crippen molar-refractivity contribution in [2.24, 2.45) is 11.8 Å². The molecule has 1 aromatic rings. The van der Waals surface area contributed by atoms with E-state index in [1.165, 1.54) is 19.0 Å². The summed E-state index contributed by atoms with van der Waals surface area (Å²) in [5.41, 5.74) is -0.0177. The molecule has 0 radical (unpaired) electrons. The van der Waals surface area contributed by atoms with Gasteiger partial charge in [0.1, 0.15) is 5.69 Å². The van der Waals surface area contributed by atoms with Crippen LogP contribution in [-0.4, -0.2) is 69.1 Å². The minimum Gasteiger partial charge on any atom is -0.395 e. The van der Waals surface area contributed by atoms with Crippen molar-refractivity contribution in [1.29, 1.82) is 0 Å². The maximum absolute atomic E-state index is 12.8. The fourth-order valence-corrected chi connectivity index (χ4v) is 4.95. The van der Waals surface area contributed by atoms with E-state index in [1.807, 2.05) is 4.90 Å². The molecule has 0 aromatic carbocycles. The van der Waals surface area contributed by atoms with Crippen LogP contribution in [0, 0.1) is 11.8 Å². The van der Waals surface area contributed by atoms with Crippen molar-refractivity contribution in [3.8, 4) is 0 Å². The number of carbonyl (C=O) groups is 1. The molecule has 0 spiro atoms. The summed E-state index contributed by atoms with van der Waals surface area (Å²) in [5.74, 6) is 0.662. The van der Waals surface area contributed by atoms with Crippen molar-refractivity contribution < 1.29 is 9.90 Å². The first-order valence-electron chi connectivity index (χ1n) is 8.88. The molecule has 4 rings (SSSR count). The van der Waals surface area contributed by atoms with Crippen LogP contribution in [0.1, 0.15) is 36.2 Å². The van der Waals surface area contributed by atoms with E-state index in [0.29, 0.717) is 24.4 Å². The summed E-state index contributed by atoms with van der Waals surface area (Å²) in [6, 6.07) is 0.636. The van der Waals surface area contributed by atoms with Crippen LogP contribution in [0.2, 0.25) is 0 Å². The Morgan fingerprint density at radius 3 is 2.92 bits per heavy atom. The summed E-state index contributed by atoms with van der Waals surface area (Å²) < 4.78 is 0. The average Bonchev–Trinajstić information content (AvgIpc) is 2.62. The van der Waals surface area contributed by atoms with E-state index < -0.39 is 0 Å². The highest BCUT2D eigenvalue weighted by Crippen LogP contribution is 2.41. The van der Waals surface area contributed by atoms with Crippen LogP contribution in [-0.2, 0) is 0 Å². The SMILES string of the molecule is O=C(c1c[nH]c(=O)cn1)N1C[C@H]2C[C@@H](C1)[C@H](CO)N1CCCC[C@@H]21. The Bertz CT molecular complexity index is 642. The van der Waals surface area contributed by atoms with E-state index in [-0.39, 0.29) is 29.8 Å². The molecule has 130 valence electrons. The van der Waals surface area contributed by atoms with Gasteiger partial charge in [-0.3, -0.25) is 14.5 Å². The largest absolute Gasteiger partial charge is 0.395 e. The van der Waals surface area contributed by atoms with Gasteiger partial charge in [-0.25, -0.2) is 4.98 Å². The molecule has 0 saturated carbocycles. The van der Waals surface area contributed by atoms with Crippen LogP contribution in [0.3, 0.4) is 0 Å². The second-order valence-electron chi connectivity index (χ2n) is 7.31. The number of aromatic amines is 1. The first kappa shape index (κ1) is 15.8. The number of amides is 1. The lowest BCUT2D eigenvalue weighted by Gasteiger charge is -2.56. The molecule has 7 nitrogen and oxygen atoms in total. The smallest absolute Gasteiger partial charge is 0.273 e. The number of fused-ring (bicyclic) bond motifs is 4. The number of rotatable bonds is 2. The highest BCUT2D eigenvalue weighted by molar-refractivity contribution is 5.92. The van der Waals surface area contributed by atoms with Gasteiger partial charge in [0, 0.05) is 31.4 Å². The van der Waals surface area contributed by atoms with E-state index in [1.54, 1.807) is 0 Å². The van der Waals surface area contributed by atoms with Crippen LogP contribution in [0.15, 0.2) is 17.2 Å².